The van der Waals surface area contributed by atoms with E-state index in [4.69, 9.17) is 9.47 Å². The van der Waals surface area contributed by atoms with Crippen LogP contribution < -0.4 is 15.2 Å². The lowest BCUT2D eigenvalue weighted by Crippen LogP contribution is -2.32. The number of ether oxygens (including phenoxy) is 3. The zero-order chi connectivity index (χ0) is 26.9. The summed E-state index contributed by atoms with van der Waals surface area (Å²) in [6, 6.07) is 14.5. The quantitative estimate of drug-likeness (QED) is 0.245. The minimum absolute atomic E-state index is 0.176. The average molecular weight is 545 g/mol. The first-order valence-electron chi connectivity index (χ1n) is 11.8. The lowest BCUT2D eigenvalue weighted by molar-refractivity contribution is -0.274. The number of aryl methyl sites for hydroxylation is 1. The molecule has 3 aromatic heterocycles. The highest BCUT2D eigenvalue weighted by atomic mass is 32.1. The Hall–Kier alpha value is -3.90. The number of nitrogens with zero attached hydrogens (tertiary/aromatic N) is 4. The maximum absolute atomic E-state index is 13.1. The van der Waals surface area contributed by atoms with Gasteiger partial charge in [0.1, 0.15) is 24.2 Å². The van der Waals surface area contributed by atoms with Crippen LogP contribution in [0.3, 0.4) is 0 Å². The summed E-state index contributed by atoms with van der Waals surface area (Å²) >= 11 is 1.59. The van der Waals surface area contributed by atoms with E-state index in [-0.39, 0.29) is 24.6 Å². The molecular weight excluding hydrogens is 521 g/mol. The Labute approximate surface area is 218 Å². The zero-order valence-corrected chi connectivity index (χ0v) is 21.3. The number of thiazole rings is 1. The summed E-state index contributed by atoms with van der Waals surface area (Å²) in [4.78, 5) is 17.6. The molecule has 5 aromatic rings. The zero-order valence-electron chi connectivity index (χ0n) is 20.4. The number of hydrogen-bond donors (Lipinski definition) is 0. The molecule has 0 fully saturated rings. The lowest BCUT2D eigenvalue weighted by atomic mass is 10.1. The van der Waals surface area contributed by atoms with Crippen molar-refractivity contribution in [2.75, 3.05) is 13.2 Å². The van der Waals surface area contributed by atoms with E-state index in [0.717, 1.165) is 15.2 Å². The Morgan fingerprint density at radius 1 is 1.03 bits per heavy atom. The highest BCUT2D eigenvalue weighted by molar-refractivity contribution is 7.18. The minimum atomic E-state index is -4.76. The van der Waals surface area contributed by atoms with Crippen LogP contribution in [0.2, 0.25) is 0 Å². The second-order valence-electron chi connectivity index (χ2n) is 8.43. The predicted molar refractivity (Wildman–Crippen MR) is 137 cm³/mol. The van der Waals surface area contributed by atoms with Gasteiger partial charge in [-0.25, -0.2) is 18.9 Å². The summed E-state index contributed by atoms with van der Waals surface area (Å²) in [5.41, 5.74) is 2.23. The average Bonchev–Trinajstić information content (AvgIpc) is 3.40. The molecule has 198 valence electrons. The van der Waals surface area contributed by atoms with Crippen LogP contribution in [0.15, 0.2) is 65.6 Å². The third-order valence-corrected chi connectivity index (χ3v) is 6.61. The summed E-state index contributed by atoms with van der Waals surface area (Å²) in [5.74, 6) is 0.364. The van der Waals surface area contributed by atoms with E-state index in [1.807, 2.05) is 32.0 Å². The van der Waals surface area contributed by atoms with Crippen LogP contribution in [0.1, 0.15) is 11.9 Å². The smallest absolute Gasteiger partial charge is 0.491 e. The Kier molecular flexibility index (Phi) is 7.09. The van der Waals surface area contributed by atoms with Crippen LogP contribution in [0.25, 0.3) is 27.0 Å². The fraction of sp³-hybridized carbons (Fsp3) is 0.269. The van der Waals surface area contributed by atoms with Crippen molar-refractivity contribution in [1.82, 2.24) is 19.2 Å². The fourth-order valence-electron chi connectivity index (χ4n) is 4.04. The molecule has 1 atom stereocenters. The second-order valence-corrected chi connectivity index (χ2v) is 9.67. The van der Waals surface area contributed by atoms with Gasteiger partial charge in [-0.15, -0.1) is 29.6 Å². The summed E-state index contributed by atoms with van der Waals surface area (Å²) in [6.45, 7) is 4.64. The van der Waals surface area contributed by atoms with E-state index in [1.165, 1.54) is 33.3 Å². The van der Waals surface area contributed by atoms with Crippen LogP contribution in [0.4, 0.5) is 13.2 Å². The van der Waals surface area contributed by atoms with E-state index in [0.29, 0.717) is 29.1 Å². The van der Waals surface area contributed by atoms with E-state index in [9.17, 15) is 18.0 Å². The first-order valence-corrected chi connectivity index (χ1v) is 12.6. The molecule has 0 spiro atoms. The largest absolute Gasteiger partial charge is 0.573 e. The number of rotatable bonds is 9. The number of benzene rings is 2. The Balaban J connectivity index is 1.32. The van der Waals surface area contributed by atoms with Crippen LogP contribution in [0.5, 0.6) is 11.5 Å². The number of fused-ring (bicyclic) bond motifs is 2. The van der Waals surface area contributed by atoms with Gasteiger partial charge in [-0.1, -0.05) is 12.1 Å². The summed E-state index contributed by atoms with van der Waals surface area (Å²) in [5, 5.41) is 5.38. The highest BCUT2D eigenvalue weighted by Gasteiger charge is 2.31. The van der Waals surface area contributed by atoms with Crippen molar-refractivity contribution in [3.8, 4) is 22.6 Å². The minimum Gasteiger partial charge on any atom is -0.491 e. The highest BCUT2D eigenvalue weighted by Crippen LogP contribution is 2.27. The van der Waals surface area contributed by atoms with Gasteiger partial charge in [-0.05, 0) is 67.4 Å². The van der Waals surface area contributed by atoms with E-state index < -0.39 is 12.5 Å². The third kappa shape index (κ3) is 5.81. The molecule has 3 heterocycles. The molecule has 0 amide bonds. The van der Waals surface area contributed by atoms with Crippen molar-refractivity contribution in [1.29, 1.82) is 0 Å². The maximum atomic E-state index is 13.1. The van der Waals surface area contributed by atoms with Gasteiger partial charge < -0.3 is 14.2 Å². The molecule has 0 saturated carbocycles. The van der Waals surface area contributed by atoms with Gasteiger partial charge in [0.25, 0.3) is 0 Å². The van der Waals surface area contributed by atoms with Gasteiger partial charge in [0.2, 0.25) is 0 Å². The Bertz CT molecular complexity index is 1630. The molecule has 1 unspecified atom stereocenters. The maximum Gasteiger partial charge on any atom is 0.573 e. The Morgan fingerprint density at radius 3 is 2.50 bits per heavy atom. The lowest BCUT2D eigenvalue weighted by Gasteiger charge is -2.17. The molecule has 12 heteroatoms. The molecule has 38 heavy (non-hydrogen) atoms. The second kappa shape index (κ2) is 10.5. The van der Waals surface area contributed by atoms with Crippen molar-refractivity contribution >= 4 is 27.2 Å². The van der Waals surface area contributed by atoms with Crippen LogP contribution >= 0.6 is 11.3 Å². The number of pyridine rings is 1. The van der Waals surface area contributed by atoms with Gasteiger partial charge in [0, 0.05) is 12.8 Å². The summed E-state index contributed by atoms with van der Waals surface area (Å²) in [6.07, 6.45) is -3.60. The molecule has 2 aromatic carbocycles. The molecule has 0 bridgehead atoms. The van der Waals surface area contributed by atoms with Gasteiger partial charge in [0.05, 0.1) is 21.8 Å². The first-order chi connectivity index (χ1) is 18.2. The van der Waals surface area contributed by atoms with E-state index >= 15 is 0 Å². The molecular formula is C26H23F3N4O4S. The Morgan fingerprint density at radius 2 is 1.76 bits per heavy atom. The van der Waals surface area contributed by atoms with Crippen molar-refractivity contribution in [2.45, 2.75) is 32.9 Å². The molecule has 0 aliphatic rings. The normalized spacial score (nSPS) is 12.8. The molecule has 0 aliphatic carbocycles. The van der Waals surface area contributed by atoms with Crippen LogP contribution in [-0.4, -0.2) is 44.8 Å². The number of alkyl halides is 3. The van der Waals surface area contributed by atoms with Crippen LogP contribution in [-0.2, 0) is 11.3 Å². The van der Waals surface area contributed by atoms with Crippen molar-refractivity contribution in [3.05, 3.63) is 76.3 Å². The van der Waals surface area contributed by atoms with Gasteiger partial charge in [-0.2, -0.15) is 0 Å². The van der Waals surface area contributed by atoms with Gasteiger partial charge >= 0.3 is 12.1 Å². The van der Waals surface area contributed by atoms with E-state index in [2.05, 4.69) is 14.8 Å². The number of halogens is 3. The summed E-state index contributed by atoms with van der Waals surface area (Å²) in [7, 11) is 0. The molecule has 0 aliphatic heterocycles. The van der Waals surface area contributed by atoms with Gasteiger partial charge in [-0.3, -0.25) is 0 Å². The summed E-state index contributed by atoms with van der Waals surface area (Å²) < 4.78 is 56.7. The molecule has 0 radical (unpaired) electrons. The topological polar surface area (TPSA) is 79.9 Å². The predicted octanol–water partition coefficient (Wildman–Crippen LogP) is 5.46. The van der Waals surface area contributed by atoms with Crippen molar-refractivity contribution < 1.29 is 27.4 Å². The van der Waals surface area contributed by atoms with Crippen molar-refractivity contribution in [3.63, 3.8) is 0 Å². The standard InChI is InChI=1S/C26H23F3N4O4S/c1-3-35-21(15-36-20-9-10-22-23(12-20)38-16(2)30-22)14-33-25(34)32-13-18(6-11-24(32)31-33)17-4-7-19(8-5-17)37-26(27,28)29/h4-13,21H,3,14-15H2,1-2H3. The van der Waals surface area contributed by atoms with Crippen LogP contribution in [0, 0.1) is 6.92 Å². The monoisotopic (exact) mass is 544 g/mol. The molecule has 0 saturated heterocycles. The van der Waals surface area contributed by atoms with Gasteiger partial charge in [0.15, 0.2) is 5.65 Å². The van der Waals surface area contributed by atoms with Crippen molar-refractivity contribution in [2.24, 2.45) is 0 Å². The first kappa shape index (κ1) is 25.7. The third-order valence-electron chi connectivity index (χ3n) is 5.68. The van der Waals surface area contributed by atoms with E-state index in [1.54, 1.807) is 29.7 Å². The SMILES string of the molecule is CCOC(COc1ccc2nc(C)sc2c1)Cn1nc2ccc(-c3ccc(OC(F)(F)F)cc3)cn2c1=O. The fourth-order valence-corrected chi connectivity index (χ4v) is 4.89. The molecule has 0 N–H and O–H groups in total. The number of hydrogen-bond acceptors (Lipinski definition) is 7. The molecule has 5 rings (SSSR count). The number of aromatic nitrogens is 4. The molecule has 8 nitrogen and oxygen atoms in total.